The maximum atomic E-state index is 13.7. The molecule has 0 bridgehead atoms. The molecule has 0 aliphatic carbocycles. The first-order chi connectivity index (χ1) is 17.2. The molecule has 0 N–H and O–H groups in total. The Morgan fingerprint density at radius 1 is 1.00 bits per heavy atom. The molecule has 186 valence electrons. The second kappa shape index (κ2) is 10.6. The molecule has 0 radical (unpaired) electrons. The highest BCUT2D eigenvalue weighted by atomic mass is 35.5. The van der Waals surface area contributed by atoms with Gasteiger partial charge in [0.1, 0.15) is 6.04 Å². The van der Waals surface area contributed by atoms with Crippen LogP contribution in [-0.2, 0) is 30.9 Å². The van der Waals surface area contributed by atoms with Gasteiger partial charge in [-0.3, -0.25) is 9.59 Å². The fraction of sp³-hybridized carbons (Fsp3) is 0.192. The SMILES string of the molecule is CCOC(=O)c1ccc(N2C(=O)CC(N(Cc3ccccc3Cl)S(=O)(=O)c3ccccc3)C2=O)cc1. The van der Waals surface area contributed by atoms with Gasteiger partial charge in [0, 0.05) is 11.6 Å². The molecule has 4 rings (SSSR count). The van der Waals surface area contributed by atoms with Gasteiger partial charge in [0.15, 0.2) is 0 Å². The molecule has 36 heavy (non-hydrogen) atoms. The summed E-state index contributed by atoms with van der Waals surface area (Å²) in [6, 6.07) is 19.0. The topological polar surface area (TPSA) is 101 Å². The highest BCUT2D eigenvalue weighted by Crippen LogP contribution is 2.32. The number of anilines is 1. The third-order valence-electron chi connectivity index (χ3n) is 5.74. The lowest BCUT2D eigenvalue weighted by Crippen LogP contribution is -2.45. The minimum absolute atomic E-state index is 0.00505. The fourth-order valence-electron chi connectivity index (χ4n) is 3.96. The Hall–Kier alpha value is -3.53. The Morgan fingerprint density at radius 2 is 1.64 bits per heavy atom. The zero-order valence-electron chi connectivity index (χ0n) is 19.3. The van der Waals surface area contributed by atoms with Gasteiger partial charge in [-0.15, -0.1) is 0 Å². The van der Waals surface area contributed by atoms with E-state index < -0.39 is 33.8 Å². The molecule has 1 saturated heterocycles. The number of carbonyl (C=O) groups is 3. The molecule has 0 saturated carbocycles. The molecule has 1 fully saturated rings. The minimum atomic E-state index is -4.17. The molecule has 8 nitrogen and oxygen atoms in total. The Labute approximate surface area is 214 Å². The summed E-state index contributed by atoms with van der Waals surface area (Å²) in [5.74, 6) is -1.77. The summed E-state index contributed by atoms with van der Waals surface area (Å²) in [7, 11) is -4.17. The van der Waals surface area contributed by atoms with E-state index in [0.717, 1.165) is 9.21 Å². The quantitative estimate of drug-likeness (QED) is 0.324. The molecular formula is C26H23ClN2O6S. The first kappa shape index (κ1) is 25.6. The summed E-state index contributed by atoms with van der Waals surface area (Å²) < 4.78 is 33.3. The Bertz CT molecular complexity index is 1390. The van der Waals surface area contributed by atoms with E-state index in [1.54, 1.807) is 49.4 Å². The van der Waals surface area contributed by atoms with Crippen LogP contribution in [0.3, 0.4) is 0 Å². The molecule has 1 heterocycles. The minimum Gasteiger partial charge on any atom is -0.462 e. The number of hydrogen-bond acceptors (Lipinski definition) is 6. The van der Waals surface area contributed by atoms with E-state index in [9.17, 15) is 22.8 Å². The van der Waals surface area contributed by atoms with Crippen LogP contribution in [0.2, 0.25) is 5.02 Å². The highest BCUT2D eigenvalue weighted by Gasteiger charge is 2.47. The van der Waals surface area contributed by atoms with E-state index in [0.29, 0.717) is 10.6 Å². The predicted octanol–water partition coefficient (Wildman–Crippen LogP) is 4.04. The van der Waals surface area contributed by atoms with Crippen LogP contribution in [0.15, 0.2) is 83.8 Å². The van der Waals surface area contributed by atoms with Gasteiger partial charge in [-0.05, 0) is 55.0 Å². The van der Waals surface area contributed by atoms with Crippen LogP contribution < -0.4 is 4.90 Å². The largest absolute Gasteiger partial charge is 0.462 e. The van der Waals surface area contributed by atoms with Gasteiger partial charge < -0.3 is 4.74 Å². The lowest BCUT2D eigenvalue weighted by molar-refractivity contribution is -0.122. The molecule has 1 unspecified atom stereocenters. The number of ether oxygens (including phenoxy) is 1. The van der Waals surface area contributed by atoms with Crippen LogP contribution in [-0.4, -0.2) is 43.2 Å². The van der Waals surface area contributed by atoms with E-state index in [1.165, 1.54) is 36.4 Å². The Kier molecular flexibility index (Phi) is 7.53. The molecule has 2 amide bonds. The number of nitrogens with zero attached hydrogens (tertiary/aromatic N) is 2. The van der Waals surface area contributed by atoms with E-state index in [2.05, 4.69) is 0 Å². The third kappa shape index (κ3) is 5.04. The van der Waals surface area contributed by atoms with Crippen molar-refractivity contribution in [1.82, 2.24) is 4.31 Å². The van der Waals surface area contributed by atoms with Crippen molar-refractivity contribution in [2.24, 2.45) is 0 Å². The first-order valence-electron chi connectivity index (χ1n) is 11.2. The van der Waals surface area contributed by atoms with Crippen LogP contribution in [0.5, 0.6) is 0 Å². The molecule has 1 aliphatic heterocycles. The second-order valence-electron chi connectivity index (χ2n) is 8.01. The van der Waals surface area contributed by atoms with Gasteiger partial charge in [0.05, 0.1) is 29.2 Å². The van der Waals surface area contributed by atoms with Crippen molar-refractivity contribution in [3.8, 4) is 0 Å². The van der Waals surface area contributed by atoms with Crippen molar-refractivity contribution in [3.05, 3.63) is 95.0 Å². The van der Waals surface area contributed by atoms with E-state index in [1.807, 2.05) is 0 Å². The zero-order valence-corrected chi connectivity index (χ0v) is 20.9. The zero-order chi connectivity index (χ0) is 25.9. The van der Waals surface area contributed by atoms with Crippen LogP contribution >= 0.6 is 11.6 Å². The van der Waals surface area contributed by atoms with Gasteiger partial charge in [-0.25, -0.2) is 18.1 Å². The van der Waals surface area contributed by atoms with Gasteiger partial charge in [0.25, 0.3) is 5.91 Å². The number of hydrogen-bond donors (Lipinski definition) is 0. The van der Waals surface area contributed by atoms with Crippen molar-refractivity contribution in [2.75, 3.05) is 11.5 Å². The Morgan fingerprint density at radius 3 is 2.28 bits per heavy atom. The number of imide groups is 1. The summed E-state index contributed by atoms with van der Waals surface area (Å²) >= 11 is 6.30. The summed E-state index contributed by atoms with van der Waals surface area (Å²) in [4.78, 5) is 39.4. The molecule has 1 aliphatic rings. The lowest BCUT2D eigenvalue weighted by Gasteiger charge is -2.27. The molecule has 0 aromatic heterocycles. The molecule has 0 spiro atoms. The Balaban J connectivity index is 1.70. The van der Waals surface area contributed by atoms with Crippen LogP contribution in [0.25, 0.3) is 0 Å². The average Bonchev–Trinajstić information content (AvgIpc) is 3.17. The number of rotatable bonds is 8. The van der Waals surface area contributed by atoms with Gasteiger partial charge in [-0.2, -0.15) is 4.31 Å². The summed E-state index contributed by atoms with van der Waals surface area (Å²) in [6.07, 6.45) is -0.338. The summed E-state index contributed by atoms with van der Waals surface area (Å²) in [5.41, 5.74) is 0.995. The molecule has 3 aromatic carbocycles. The highest BCUT2D eigenvalue weighted by molar-refractivity contribution is 7.89. The third-order valence-corrected chi connectivity index (χ3v) is 7.98. The standard InChI is InChI=1S/C26H23ClN2O6S/c1-2-35-26(32)18-12-14-20(15-13-18)29-24(30)16-23(25(29)31)28(17-19-8-6-7-11-22(19)27)36(33,34)21-9-4-3-5-10-21/h3-15,23H,2,16-17H2,1H3. The lowest BCUT2D eigenvalue weighted by atomic mass is 10.2. The van der Waals surface area contributed by atoms with Crippen molar-refractivity contribution in [2.45, 2.75) is 30.8 Å². The molecule has 3 aromatic rings. The monoisotopic (exact) mass is 526 g/mol. The van der Waals surface area contributed by atoms with Crippen LogP contribution in [0.4, 0.5) is 5.69 Å². The van der Waals surface area contributed by atoms with Crippen LogP contribution in [0, 0.1) is 0 Å². The smallest absolute Gasteiger partial charge is 0.338 e. The average molecular weight is 527 g/mol. The first-order valence-corrected chi connectivity index (χ1v) is 13.0. The van der Waals surface area contributed by atoms with Crippen molar-refractivity contribution in [1.29, 1.82) is 0 Å². The van der Waals surface area contributed by atoms with Gasteiger partial charge >= 0.3 is 5.97 Å². The summed E-state index contributed by atoms with van der Waals surface area (Å²) in [6.45, 7) is 1.70. The number of halogens is 1. The predicted molar refractivity (Wildman–Crippen MR) is 134 cm³/mol. The summed E-state index contributed by atoms with van der Waals surface area (Å²) in [5, 5.41) is 0.342. The number of carbonyl (C=O) groups excluding carboxylic acids is 3. The maximum absolute atomic E-state index is 13.7. The maximum Gasteiger partial charge on any atom is 0.338 e. The molecule has 10 heteroatoms. The number of benzene rings is 3. The molecular weight excluding hydrogens is 504 g/mol. The second-order valence-corrected chi connectivity index (χ2v) is 10.3. The van der Waals surface area contributed by atoms with E-state index in [-0.39, 0.29) is 35.7 Å². The van der Waals surface area contributed by atoms with Crippen molar-refractivity contribution in [3.63, 3.8) is 0 Å². The number of amides is 2. The van der Waals surface area contributed by atoms with Gasteiger partial charge in [-0.1, -0.05) is 48.0 Å². The van der Waals surface area contributed by atoms with Gasteiger partial charge in [0.2, 0.25) is 15.9 Å². The number of sulfonamides is 1. The van der Waals surface area contributed by atoms with E-state index in [4.69, 9.17) is 16.3 Å². The molecule has 1 atom stereocenters. The fourth-order valence-corrected chi connectivity index (χ4v) is 5.73. The normalized spacial score (nSPS) is 16.0. The van der Waals surface area contributed by atoms with Crippen molar-refractivity contribution >= 4 is 45.1 Å². The van der Waals surface area contributed by atoms with Crippen molar-refractivity contribution < 1.29 is 27.5 Å². The van der Waals surface area contributed by atoms with Crippen LogP contribution in [0.1, 0.15) is 29.3 Å². The van der Waals surface area contributed by atoms with E-state index >= 15 is 0 Å². The number of esters is 1.